The first kappa shape index (κ1) is 21.5. The third-order valence-electron chi connectivity index (χ3n) is 4.30. The molecule has 1 aromatic carbocycles. The van der Waals surface area contributed by atoms with Crippen molar-refractivity contribution in [2.24, 2.45) is 0 Å². The van der Waals surface area contributed by atoms with E-state index in [-0.39, 0.29) is 5.91 Å². The molecule has 0 radical (unpaired) electrons. The largest absolute Gasteiger partial charge is 0.331 e. The van der Waals surface area contributed by atoms with E-state index >= 15 is 0 Å². The summed E-state index contributed by atoms with van der Waals surface area (Å²) in [6, 6.07) is 15.9. The van der Waals surface area contributed by atoms with E-state index in [1.165, 1.54) is 5.56 Å². The molecule has 0 aliphatic heterocycles. The van der Waals surface area contributed by atoms with E-state index in [9.17, 15) is 4.79 Å². The predicted octanol–water partition coefficient (Wildman–Crippen LogP) is 4.64. The molecule has 2 rings (SSSR count). The number of nitrogens with one attached hydrogen (secondary N) is 1. The second-order valence-corrected chi connectivity index (χ2v) is 7.74. The Balaban J connectivity index is 1.83. The number of aromatic nitrogens is 1. The fourth-order valence-electron chi connectivity index (χ4n) is 2.69. The standard InChI is InChI=1S/C22H26N4OS/c1-4-26(21-11-10-19(14-23)16-24-21)17(2)15-25-22(27)12-13-28-18(3)20-8-6-5-7-9-20/h5-11,15-16,18H,4,12-13H2,1-3H3,(H,25,27)/b17-15+. The van der Waals surface area contributed by atoms with Crippen LogP contribution in [0.25, 0.3) is 0 Å². The van der Waals surface area contributed by atoms with Crippen LogP contribution in [0.2, 0.25) is 0 Å². The number of carbonyl (C=O) groups is 1. The van der Waals surface area contributed by atoms with Crippen LogP contribution in [0.15, 0.2) is 60.6 Å². The molecule has 6 heteroatoms. The molecule has 1 aromatic heterocycles. The lowest BCUT2D eigenvalue weighted by molar-refractivity contribution is -0.119. The maximum Gasteiger partial charge on any atom is 0.224 e. The number of rotatable bonds is 9. The summed E-state index contributed by atoms with van der Waals surface area (Å²) in [5.41, 5.74) is 2.69. The summed E-state index contributed by atoms with van der Waals surface area (Å²) in [7, 11) is 0. The lowest BCUT2D eigenvalue weighted by atomic mass is 10.2. The molecular weight excluding hydrogens is 368 g/mol. The molecule has 2 aromatic rings. The number of benzene rings is 1. The van der Waals surface area contributed by atoms with Gasteiger partial charge in [0.1, 0.15) is 11.9 Å². The highest BCUT2D eigenvalue weighted by atomic mass is 32.2. The van der Waals surface area contributed by atoms with E-state index in [4.69, 9.17) is 5.26 Å². The Bertz CT molecular complexity index is 828. The third-order valence-corrected chi connectivity index (χ3v) is 5.52. The lowest BCUT2D eigenvalue weighted by Crippen LogP contribution is -2.25. The fourth-order valence-corrected chi connectivity index (χ4v) is 3.69. The van der Waals surface area contributed by atoms with Gasteiger partial charge in [0.25, 0.3) is 0 Å². The van der Waals surface area contributed by atoms with Gasteiger partial charge in [0.15, 0.2) is 0 Å². The Hall–Kier alpha value is -2.78. The van der Waals surface area contributed by atoms with Crippen molar-refractivity contribution < 1.29 is 4.79 Å². The molecule has 1 heterocycles. The second kappa shape index (κ2) is 11.2. The fraction of sp³-hybridized carbons (Fsp3) is 0.318. The highest BCUT2D eigenvalue weighted by molar-refractivity contribution is 7.99. The van der Waals surface area contributed by atoms with E-state index in [1.54, 1.807) is 30.2 Å². The van der Waals surface area contributed by atoms with Gasteiger partial charge in [-0.15, -0.1) is 0 Å². The minimum absolute atomic E-state index is 0.00375. The first-order valence-electron chi connectivity index (χ1n) is 9.31. The molecule has 28 heavy (non-hydrogen) atoms. The van der Waals surface area contributed by atoms with Crippen molar-refractivity contribution in [1.82, 2.24) is 10.3 Å². The summed E-state index contributed by atoms with van der Waals surface area (Å²) < 4.78 is 0. The molecule has 0 fully saturated rings. The zero-order chi connectivity index (χ0) is 20.4. The van der Waals surface area contributed by atoms with Gasteiger partial charge in [-0.05, 0) is 38.5 Å². The highest BCUT2D eigenvalue weighted by Gasteiger charge is 2.10. The van der Waals surface area contributed by atoms with Crippen LogP contribution in [0.3, 0.4) is 0 Å². The molecule has 1 N–H and O–H groups in total. The van der Waals surface area contributed by atoms with E-state index < -0.39 is 0 Å². The van der Waals surface area contributed by atoms with Crippen LogP contribution in [0, 0.1) is 11.3 Å². The van der Waals surface area contributed by atoms with Gasteiger partial charge in [-0.1, -0.05) is 30.3 Å². The molecule has 0 aliphatic rings. The normalized spacial score (nSPS) is 12.1. The van der Waals surface area contributed by atoms with Gasteiger partial charge in [0.05, 0.1) is 5.56 Å². The molecule has 1 unspecified atom stereocenters. The van der Waals surface area contributed by atoms with Crippen LogP contribution in [0.4, 0.5) is 5.82 Å². The molecule has 0 spiro atoms. The highest BCUT2D eigenvalue weighted by Crippen LogP contribution is 2.28. The van der Waals surface area contributed by atoms with Crippen LogP contribution in [-0.2, 0) is 4.79 Å². The Morgan fingerprint density at radius 2 is 2.07 bits per heavy atom. The first-order valence-corrected chi connectivity index (χ1v) is 10.4. The molecule has 146 valence electrons. The van der Waals surface area contributed by atoms with E-state index in [0.29, 0.717) is 23.8 Å². The molecule has 0 aliphatic carbocycles. The summed E-state index contributed by atoms with van der Waals surface area (Å²) in [5, 5.41) is 12.1. The van der Waals surface area contributed by atoms with Crippen molar-refractivity contribution in [3.05, 3.63) is 71.7 Å². The minimum atomic E-state index is -0.00375. The van der Waals surface area contributed by atoms with E-state index in [0.717, 1.165) is 17.3 Å². The second-order valence-electron chi connectivity index (χ2n) is 6.29. The van der Waals surface area contributed by atoms with Crippen LogP contribution < -0.4 is 10.2 Å². The van der Waals surface area contributed by atoms with Crippen molar-refractivity contribution in [3.8, 4) is 6.07 Å². The van der Waals surface area contributed by atoms with Crippen molar-refractivity contribution in [3.63, 3.8) is 0 Å². The molecule has 5 nitrogen and oxygen atoms in total. The van der Waals surface area contributed by atoms with Gasteiger partial charge in [-0.25, -0.2) is 4.98 Å². The van der Waals surface area contributed by atoms with Gasteiger partial charge < -0.3 is 10.2 Å². The van der Waals surface area contributed by atoms with Crippen molar-refractivity contribution in [1.29, 1.82) is 5.26 Å². The van der Waals surface area contributed by atoms with Crippen molar-refractivity contribution >= 4 is 23.5 Å². The summed E-state index contributed by atoms with van der Waals surface area (Å²) in [6.07, 6.45) is 3.73. The van der Waals surface area contributed by atoms with Crippen molar-refractivity contribution in [2.75, 3.05) is 17.2 Å². The van der Waals surface area contributed by atoms with Crippen molar-refractivity contribution in [2.45, 2.75) is 32.4 Å². The summed E-state index contributed by atoms with van der Waals surface area (Å²) >= 11 is 1.77. The summed E-state index contributed by atoms with van der Waals surface area (Å²) in [6.45, 7) is 6.81. The molecule has 0 saturated carbocycles. The number of thioether (sulfide) groups is 1. The average molecular weight is 395 g/mol. The number of nitriles is 1. The SMILES string of the molecule is CCN(/C(C)=C/NC(=O)CCSC(C)c1ccccc1)c1ccc(C#N)cn1. The summed E-state index contributed by atoms with van der Waals surface area (Å²) in [5.74, 6) is 1.51. The Morgan fingerprint density at radius 3 is 2.68 bits per heavy atom. The maximum atomic E-state index is 12.2. The number of amides is 1. The van der Waals surface area contributed by atoms with Crippen LogP contribution >= 0.6 is 11.8 Å². The van der Waals surface area contributed by atoms with Crippen LogP contribution in [0.1, 0.15) is 43.6 Å². The molecule has 1 atom stereocenters. The molecule has 0 bridgehead atoms. The third kappa shape index (κ3) is 6.43. The van der Waals surface area contributed by atoms with Gasteiger partial charge in [0.2, 0.25) is 5.91 Å². The Kier molecular flexibility index (Phi) is 8.57. The predicted molar refractivity (Wildman–Crippen MR) is 116 cm³/mol. The Morgan fingerprint density at radius 1 is 1.32 bits per heavy atom. The smallest absolute Gasteiger partial charge is 0.224 e. The van der Waals surface area contributed by atoms with Gasteiger partial charge >= 0.3 is 0 Å². The number of nitrogens with zero attached hydrogens (tertiary/aromatic N) is 3. The molecular formula is C22H26N4OS. The maximum absolute atomic E-state index is 12.2. The van der Waals surface area contributed by atoms with E-state index in [1.807, 2.05) is 43.0 Å². The molecule has 0 saturated heterocycles. The monoisotopic (exact) mass is 394 g/mol. The van der Waals surface area contributed by atoms with Gasteiger partial charge in [-0.2, -0.15) is 17.0 Å². The Labute approximate surface area is 171 Å². The zero-order valence-corrected chi connectivity index (χ0v) is 17.4. The van der Waals surface area contributed by atoms with Crippen LogP contribution in [-0.4, -0.2) is 23.2 Å². The topological polar surface area (TPSA) is 69.0 Å². The minimum Gasteiger partial charge on any atom is -0.331 e. The zero-order valence-electron chi connectivity index (χ0n) is 16.6. The van der Waals surface area contributed by atoms with Gasteiger partial charge in [0, 0.05) is 42.1 Å². The number of carbonyl (C=O) groups excluding carboxylic acids is 1. The number of pyridine rings is 1. The van der Waals surface area contributed by atoms with Crippen LogP contribution in [0.5, 0.6) is 0 Å². The number of hydrogen-bond acceptors (Lipinski definition) is 5. The average Bonchev–Trinajstić information content (AvgIpc) is 2.73. The van der Waals surface area contributed by atoms with Gasteiger partial charge in [-0.3, -0.25) is 4.79 Å². The quantitative estimate of drug-likeness (QED) is 0.671. The number of anilines is 1. The lowest BCUT2D eigenvalue weighted by Gasteiger charge is -2.22. The summed E-state index contributed by atoms with van der Waals surface area (Å²) in [4.78, 5) is 18.5. The molecule has 1 amide bonds. The first-order chi connectivity index (χ1) is 13.5. The number of hydrogen-bond donors (Lipinski definition) is 1. The van der Waals surface area contributed by atoms with E-state index in [2.05, 4.69) is 35.4 Å². The number of allylic oxidation sites excluding steroid dienone is 1.